The monoisotopic (exact) mass is 542 g/mol. The second-order valence-electron chi connectivity index (χ2n) is 11.0. The van der Waals surface area contributed by atoms with Gasteiger partial charge >= 0.3 is 6.36 Å². The van der Waals surface area contributed by atoms with Gasteiger partial charge in [0, 0.05) is 61.5 Å². The summed E-state index contributed by atoms with van der Waals surface area (Å²) in [5, 5.41) is 28.9. The number of nitrogens with zero attached hydrogens (tertiary/aromatic N) is 2. The van der Waals surface area contributed by atoms with Gasteiger partial charge in [0.05, 0.1) is 0 Å². The number of phenols is 1. The summed E-state index contributed by atoms with van der Waals surface area (Å²) >= 11 is 0.752. The number of rotatable bonds is 4. The van der Waals surface area contributed by atoms with Crippen LogP contribution < -0.4 is 15.5 Å². The van der Waals surface area contributed by atoms with Crippen molar-refractivity contribution in [3.8, 4) is 11.5 Å². The van der Waals surface area contributed by atoms with E-state index in [1.807, 2.05) is 0 Å². The first kappa shape index (κ1) is 28.8. The van der Waals surface area contributed by atoms with Gasteiger partial charge in [-0.05, 0) is 58.2 Å². The molecule has 3 rings (SSSR count). The predicted molar refractivity (Wildman–Crippen MR) is 137 cm³/mol. The number of nitrogens with one attached hydrogen (secondary N) is 2. The third-order valence-corrected chi connectivity index (χ3v) is 7.48. The zero-order chi connectivity index (χ0) is 27.9. The number of phenolic OH excluding ortho intramolecular Hbond substituents is 1. The summed E-state index contributed by atoms with van der Waals surface area (Å²) in [6.45, 7) is 8.33. The molecule has 12 heteroatoms. The van der Waals surface area contributed by atoms with Crippen molar-refractivity contribution in [3.05, 3.63) is 35.5 Å². The lowest BCUT2D eigenvalue weighted by atomic mass is 9.79. The van der Waals surface area contributed by atoms with Crippen molar-refractivity contribution in [2.45, 2.75) is 76.4 Å². The van der Waals surface area contributed by atoms with Gasteiger partial charge in [-0.25, -0.2) is 5.41 Å². The number of carbonyl (C=O) groups excluding carboxylic acids is 1. The van der Waals surface area contributed by atoms with Crippen LogP contribution in [-0.4, -0.2) is 68.6 Å². The van der Waals surface area contributed by atoms with E-state index < -0.39 is 23.8 Å². The van der Waals surface area contributed by atoms with E-state index in [1.165, 1.54) is 17.2 Å². The summed E-state index contributed by atoms with van der Waals surface area (Å²) in [7, 11) is 3.34. The summed E-state index contributed by atoms with van der Waals surface area (Å²) in [6.07, 6.45) is -0.310. The van der Waals surface area contributed by atoms with Gasteiger partial charge in [-0.1, -0.05) is 6.08 Å². The number of amides is 1. The van der Waals surface area contributed by atoms with Crippen LogP contribution in [0.1, 0.15) is 64.0 Å². The van der Waals surface area contributed by atoms with E-state index in [0.29, 0.717) is 0 Å². The fraction of sp³-hybridized carbons (Fsp3) is 0.560. The molecule has 0 spiro atoms. The molecule has 8 nitrogen and oxygen atoms in total. The zero-order valence-corrected chi connectivity index (χ0v) is 22.7. The average molecular weight is 543 g/mol. The Balaban J connectivity index is 1.87. The molecular formula is C25H35F3N5O3S+. The Bertz CT molecular complexity index is 1100. The normalized spacial score (nSPS) is 21.6. The molecular weight excluding hydrogens is 507 g/mol. The highest BCUT2D eigenvalue weighted by Crippen LogP contribution is 2.40. The summed E-state index contributed by atoms with van der Waals surface area (Å²) < 4.78 is 44.1. The molecule has 1 saturated heterocycles. The van der Waals surface area contributed by atoms with Crippen LogP contribution in [0, 0.1) is 5.41 Å². The second kappa shape index (κ2) is 10.2. The highest BCUT2D eigenvalue weighted by atomic mass is 32.2. The highest BCUT2D eigenvalue weighted by Gasteiger charge is 2.41. The Morgan fingerprint density at radius 3 is 2.41 bits per heavy atom. The fourth-order valence-corrected chi connectivity index (χ4v) is 5.98. The number of allylic oxidation sites excluding steroid dienone is 1. The number of nitrogens with two attached hydrogens (primary N) is 1. The van der Waals surface area contributed by atoms with E-state index in [2.05, 4.69) is 37.7 Å². The van der Waals surface area contributed by atoms with E-state index in [0.717, 1.165) is 30.7 Å². The minimum Gasteiger partial charge on any atom is -0.507 e. The van der Waals surface area contributed by atoms with Crippen LogP contribution in [0.25, 0.3) is 0 Å². The van der Waals surface area contributed by atoms with Crippen LogP contribution >= 0.6 is 11.8 Å². The lowest BCUT2D eigenvalue weighted by molar-refractivity contribution is -0.274. The smallest absolute Gasteiger partial charge is 0.507 e. The van der Waals surface area contributed by atoms with Crippen molar-refractivity contribution < 1.29 is 33.2 Å². The Morgan fingerprint density at radius 2 is 1.86 bits per heavy atom. The van der Waals surface area contributed by atoms with Crippen LogP contribution in [0.2, 0.25) is 0 Å². The molecule has 1 unspecified atom stereocenters. The molecule has 1 atom stereocenters. The minimum absolute atomic E-state index is 0.00493. The second-order valence-corrected chi connectivity index (χ2v) is 12.0. The molecule has 0 radical (unpaired) electrons. The number of ether oxygens (including phenoxy) is 1. The molecule has 5 N–H and O–H groups in total. The van der Waals surface area contributed by atoms with Crippen LogP contribution in [0.15, 0.2) is 24.4 Å². The van der Waals surface area contributed by atoms with Crippen molar-refractivity contribution in [1.29, 1.82) is 5.41 Å². The molecule has 204 valence electrons. The van der Waals surface area contributed by atoms with Gasteiger partial charge in [-0.2, -0.15) is 0 Å². The summed E-state index contributed by atoms with van der Waals surface area (Å²) in [5.41, 5.74) is -0.417. The van der Waals surface area contributed by atoms with Gasteiger partial charge in [0.15, 0.2) is 5.17 Å². The van der Waals surface area contributed by atoms with Crippen molar-refractivity contribution in [1.82, 2.24) is 15.1 Å². The van der Waals surface area contributed by atoms with E-state index in [9.17, 15) is 23.1 Å². The number of carbonyl (C=O) groups is 1. The number of aromatic hydroxyl groups is 1. The standard InChI is InChI=1S/C25H34F3N5O3S/c1-23(2)12-16(13-24(3,4)31-23)33(6)22(30)37-21(29)20-17(34)9-15(10-18(20)36-25(26,27)28)14-7-8-32(5)19(35)11-14/h7-10,14,16,29-31,34H,11-13H2,1-6H3/p+1. The van der Waals surface area contributed by atoms with Crippen molar-refractivity contribution >= 4 is 27.9 Å². The molecule has 1 aromatic carbocycles. The number of hydrogen-bond acceptors (Lipinski definition) is 6. The fourth-order valence-electron chi connectivity index (χ4n) is 5.17. The van der Waals surface area contributed by atoms with Gasteiger partial charge in [-0.15, -0.1) is 13.2 Å². The number of amidine groups is 1. The number of alkyl halides is 3. The van der Waals surface area contributed by atoms with Crippen LogP contribution in [0.3, 0.4) is 0 Å². The molecule has 2 aliphatic rings. The maximum absolute atomic E-state index is 13.3. The van der Waals surface area contributed by atoms with Crippen molar-refractivity contribution in [2.24, 2.45) is 0 Å². The number of benzene rings is 1. The molecule has 2 aliphatic heterocycles. The summed E-state index contributed by atoms with van der Waals surface area (Å²) in [5.74, 6) is -1.96. The summed E-state index contributed by atoms with van der Waals surface area (Å²) in [4.78, 5) is 15.2. The van der Waals surface area contributed by atoms with Gasteiger partial charge in [0.25, 0.3) is 5.04 Å². The molecule has 37 heavy (non-hydrogen) atoms. The molecule has 1 amide bonds. The van der Waals surface area contributed by atoms with Gasteiger partial charge in [0.1, 0.15) is 17.1 Å². The summed E-state index contributed by atoms with van der Waals surface area (Å²) in [6, 6.07) is 2.41. The van der Waals surface area contributed by atoms with Gasteiger partial charge in [0.2, 0.25) is 5.91 Å². The molecule has 0 bridgehead atoms. The molecule has 0 saturated carbocycles. The van der Waals surface area contributed by atoms with Crippen molar-refractivity contribution in [2.75, 3.05) is 14.1 Å². The van der Waals surface area contributed by atoms with Gasteiger partial charge < -0.3 is 25.0 Å². The Kier molecular flexibility index (Phi) is 7.95. The first-order chi connectivity index (χ1) is 16.9. The van der Waals surface area contributed by atoms with Gasteiger partial charge in [-0.3, -0.25) is 10.2 Å². The Morgan fingerprint density at radius 1 is 1.27 bits per heavy atom. The van der Waals surface area contributed by atoms with Crippen LogP contribution in [-0.2, 0) is 4.79 Å². The largest absolute Gasteiger partial charge is 0.573 e. The van der Waals surface area contributed by atoms with Crippen molar-refractivity contribution in [3.63, 3.8) is 0 Å². The third kappa shape index (κ3) is 7.19. The number of halogens is 3. The average Bonchev–Trinajstić information content (AvgIpc) is 2.71. The molecule has 1 fully saturated rings. The number of hydrogen-bond donors (Lipinski definition) is 4. The topological polar surface area (TPSA) is 114 Å². The third-order valence-electron chi connectivity index (χ3n) is 6.58. The maximum Gasteiger partial charge on any atom is 0.573 e. The quantitative estimate of drug-likeness (QED) is 0.343. The van der Waals surface area contributed by atoms with E-state index in [-0.39, 0.29) is 50.8 Å². The van der Waals surface area contributed by atoms with Crippen LogP contribution in [0.4, 0.5) is 13.2 Å². The lowest BCUT2D eigenvalue weighted by Crippen LogP contribution is -2.62. The first-order valence-corrected chi connectivity index (χ1v) is 12.7. The maximum atomic E-state index is 13.3. The van der Waals surface area contributed by atoms with E-state index >= 15 is 0 Å². The molecule has 2 heterocycles. The minimum atomic E-state index is -5.04. The Hall–Kier alpha value is -2.73. The predicted octanol–water partition coefficient (Wildman–Crippen LogP) is 3.16. The van der Waals surface area contributed by atoms with E-state index in [4.69, 9.17) is 10.8 Å². The number of thioether (sulfide) groups is 1. The number of piperidine rings is 1. The molecule has 0 aromatic heterocycles. The molecule has 0 aliphatic carbocycles. The SMILES string of the molecule is CN1C=CC(c2cc(O)c(C(=[NH2+])SC(=N)N(C)C3CC(C)(C)NC(C)(C)C3)c(OC(F)(F)F)c2)CC1=O. The van der Waals surface area contributed by atoms with Crippen LogP contribution in [0.5, 0.6) is 11.5 Å². The lowest BCUT2D eigenvalue weighted by Gasteiger charge is -2.49. The zero-order valence-electron chi connectivity index (χ0n) is 21.9. The van der Waals surface area contributed by atoms with E-state index in [1.54, 1.807) is 25.1 Å². The molecule has 1 aromatic rings. The Labute approximate surface area is 219 Å². The highest BCUT2D eigenvalue weighted by molar-refractivity contribution is 8.26. The first-order valence-electron chi connectivity index (χ1n) is 11.9.